The molecule has 286 valence electrons. The number of nitriles is 2. The summed E-state index contributed by atoms with van der Waals surface area (Å²) >= 11 is 3.42. The van der Waals surface area contributed by atoms with Crippen molar-refractivity contribution in [1.82, 2.24) is 0 Å². The molecule has 1 saturated heterocycles. The molecule has 0 aromatic heterocycles. The molecule has 4 bridgehead atoms. The maximum atomic E-state index is 15.7. The Morgan fingerprint density at radius 1 is 1.04 bits per heavy atom. The van der Waals surface area contributed by atoms with Crippen LogP contribution in [-0.4, -0.2) is 52.6 Å². The van der Waals surface area contributed by atoms with E-state index in [0.717, 1.165) is 12.0 Å². The van der Waals surface area contributed by atoms with Crippen molar-refractivity contribution in [2.24, 2.45) is 29.6 Å². The highest BCUT2D eigenvalue weighted by atomic mass is 79.9. The lowest BCUT2D eigenvalue weighted by atomic mass is 9.42. The van der Waals surface area contributed by atoms with Gasteiger partial charge in [0.25, 0.3) is 0 Å². The number of hydrogen-bond donors (Lipinski definition) is 0. The minimum Gasteiger partial charge on any atom is -0.482 e. The van der Waals surface area contributed by atoms with Crippen molar-refractivity contribution in [3.8, 4) is 29.4 Å². The predicted molar refractivity (Wildman–Crippen MR) is 205 cm³/mol. The van der Waals surface area contributed by atoms with Crippen LogP contribution in [0.3, 0.4) is 0 Å². The van der Waals surface area contributed by atoms with Gasteiger partial charge in [-0.3, -0.25) is 9.59 Å². The third kappa shape index (κ3) is 5.85. The Kier molecular flexibility index (Phi) is 10.3. The van der Waals surface area contributed by atoms with Gasteiger partial charge in [0.1, 0.15) is 39.8 Å². The zero-order valence-electron chi connectivity index (χ0n) is 32.6. The van der Waals surface area contributed by atoms with E-state index in [4.69, 9.17) is 23.7 Å². The summed E-state index contributed by atoms with van der Waals surface area (Å²) < 4.78 is 32.6. The fraction of sp³-hybridized carbons (Fsp3) is 0.558. The molecule has 3 heterocycles. The zero-order valence-corrected chi connectivity index (χ0v) is 34.1. The molecule has 3 aliphatic carbocycles. The molecule has 1 aromatic carbocycles. The molecule has 6 aliphatic rings. The highest BCUT2D eigenvalue weighted by Gasteiger charge is 2.86. The molecule has 7 unspecified atom stereocenters. The van der Waals surface area contributed by atoms with Crippen molar-refractivity contribution in [1.29, 1.82) is 10.5 Å². The van der Waals surface area contributed by atoms with Crippen LogP contribution >= 0.6 is 15.9 Å². The number of ketones is 2. The van der Waals surface area contributed by atoms with Gasteiger partial charge in [0.05, 0.1) is 36.3 Å². The molecule has 0 amide bonds. The number of carbonyl (C=O) groups is 3. The lowest BCUT2D eigenvalue weighted by molar-refractivity contribution is -0.212. The van der Waals surface area contributed by atoms with Gasteiger partial charge in [0, 0.05) is 35.3 Å². The summed E-state index contributed by atoms with van der Waals surface area (Å²) in [7, 11) is 1.28. The number of nitrogens with zero attached hydrogens (tertiary/aromatic N) is 2. The van der Waals surface area contributed by atoms with E-state index in [2.05, 4.69) is 48.0 Å². The molecule has 1 aromatic rings. The number of fused-ring (bicyclic) bond motifs is 2. The predicted octanol–water partition coefficient (Wildman–Crippen LogP) is 8.32. The second kappa shape index (κ2) is 14.1. The molecular formula is C43H49BrN2O8. The van der Waals surface area contributed by atoms with Crippen LogP contribution < -0.4 is 14.2 Å². The fourth-order valence-corrected chi connectivity index (χ4v) is 10.1. The average molecular weight is 802 g/mol. The molecule has 7 rings (SSSR count). The highest BCUT2D eigenvalue weighted by molar-refractivity contribution is 9.09. The normalized spacial score (nSPS) is 30.9. The second-order valence-corrected chi connectivity index (χ2v) is 16.9. The third-order valence-corrected chi connectivity index (χ3v) is 12.4. The van der Waals surface area contributed by atoms with Gasteiger partial charge < -0.3 is 23.7 Å². The van der Waals surface area contributed by atoms with E-state index in [1.807, 2.05) is 52.8 Å². The fourth-order valence-electron chi connectivity index (χ4n) is 9.82. The van der Waals surface area contributed by atoms with Gasteiger partial charge in [-0.05, 0) is 109 Å². The highest BCUT2D eigenvalue weighted by Crippen LogP contribution is 2.72. The maximum Gasteiger partial charge on any atom is 0.333 e. The van der Waals surface area contributed by atoms with E-state index in [0.29, 0.717) is 29.7 Å². The first-order valence-electron chi connectivity index (χ1n) is 18.6. The molecule has 11 heteroatoms. The van der Waals surface area contributed by atoms with Gasteiger partial charge in [0.2, 0.25) is 0 Å². The topological polar surface area (TPSA) is 145 Å². The molecule has 1 spiro atoms. The summed E-state index contributed by atoms with van der Waals surface area (Å²) in [4.78, 5) is 43.4. The Bertz CT molecular complexity index is 1990. The molecule has 3 aliphatic heterocycles. The summed E-state index contributed by atoms with van der Waals surface area (Å²) in [6.45, 7) is 15.5. The SMILES string of the molecule is COC(=O)/C(C)=C\CC12OC(C)(C)C3CC(C1=O)C(C(C#N)C#N)C1C(=O)c4c(OCBr)c5c(c(CC=C(C)C)c4OC132)OC(C)(CCC=C(C)C)C=C5. The van der Waals surface area contributed by atoms with Gasteiger partial charge in [-0.1, -0.05) is 29.4 Å². The number of Topliss-reactive ketones (excluding diaryl/α,β-unsaturated/α-hetero) is 2. The Hall–Kier alpha value is -4.19. The number of methoxy groups -OCH3 is 1. The van der Waals surface area contributed by atoms with Crippen LogP contribution in [0.4, 0.5) is 0 Å². The number of carbonyl (C=O) groups excluding carboxylic acids is 3. The first-order valence-corrected chi connectivity index (χ1v) is 19.7. The smallest absolute Gasteiger partial charge is 0.333 e. The van der Waals surface area contributed by atoms with Gasteiger partial charge in [-0.25, -0.2) is 4.79 Å². The van der Waals surface area contributed by atoms with Crippen molar-refractivity contribution in [3.05, 3.63) is 57.7 Å². The summed E-state index contributed by atoms with van der Waals surface area (Å²) in [6, 6.07) is 4.21. The van der Waals surface area contributed by atoms with Crippen molar-refractivity contribution in [2.45, 2.75) is 110 Å². The molecule has 7 atom stereocenters. The number of rotatable bonds is 11. The van der Waals surface area contributed by atoms with Crippen LogP contribution in [0.25, 0.3) is 6.08 Å². The minimum absolute atomic E-state index is 0.0534. The van der Waals surface area contributed by atoms with E-state index in [1.54, 1.807) is 13.0 Å². The van der Waals surface area contributed by atoms with Crippen LogP contribution in [0.15, 0.2) is 41.0 Å². The maximum absolute atomic E-state index is 15.7. The quantitative estimate of drug-likeness (QED) is 0.0927. The minimum atomic E-state index is -1.73. The van der Waals surface area contributed by atoms with Crippen LogP contribution in [0, 0.1) is 52.3 Å². The second-order valence-electron chi connectivity index (χ2n) is 16.5. The van der Waals surface area contributed by atoms with Crippen molar-refractivity contribution in [3.63, 3.8) is 0 Å². The van der Waals surface area contributed by atoms with Crippen LogP contribution in [0.2, 0.25) is 0 Å². The summed E-state index contributed by atoms with van der Waals surface area (Å²) in [5, 5.41) is 20.7. The lowest BCUT2D eigenvalue weighted by Gasteiger charge is -2.63. The molecule has 54 heavy (non-hydrogen) atoms. The average Bonchev–Trinajstić information content (AvgIpc) is 3.26. The number of benzene rings is 1. The Balaban J connectivity index is 1.68. The zero-order chi connectivity index (χ0) is 39.5. The molecule has 10 nitrogen and oxygen atoms in total. The van der Waals surface area contributed by atoms with Gasteiger partial charge in [-0.2, -0.15) is 10.5 Å². The lowest BCUT2D eigenvalue weighted by Crippen LogP contribution is -2.79. The first-order chi connectivity index (χ1) is 25.5. The van der Waals surface area contributed by atoms with Gasteiger partial charge in [-0.15, -0.1) is 0 Å². The van der Waals surface area contributed by atoms with Crippen LogP contribution in [-0.2, 0) is 25.5 Å². The number of alkyl halides is 1. The molecule has 4 fully saturated rings. The van der Waals surface area contributed by atoms with Crippen molar-refractivity contribution in [2.75, 3.05) is 12.6 Å². The number of hydrogen-bond acceptors (Lipinski definition) is 10. The summed E-state index contributed by atoms with van der Waals surface area (Å²) in [5.74, 6) is -4.97. The van der Waals surface area contributed by atoms with E-state index in [-0.39, 0.29) is 52.6 Å². The van der Waals surface area contributed by atoms with Crippen LogP contribution in [0.5, 0.6) is 17.2 Å². The van der Waals surface area contributed by atoms with Crippen molar-refractivity contribution >= 4 is 39.5 Å². The van der Waals surface area contributed by atoms with Crippen LogP contribution in [0.1, 0.15) is 103 Å². The monoisotopic (exact) mass is 800 g/mol. The first kappa shape index (κ1) is 39.5. The Labute approximate surface area is 326 Å². The van der Waals surface area contributed by atoms with E-state index in [1.165, 1.54) is 12.7 Å². The largest absolute Gasteiger partial charge is 0.482 e. The van der Waals surface area contributed by atoms with E-state index < -0.39 is 58.0 Å². The Morgan fingerprint density at radius 2 is 1.72 bits per heavy atom. The molecule has 0 N–H and O–H groups in total. The van der Waals surface area contributed by atoms with E-state index >= 15 is 9.59 Å². The Morgan fingerprint density at radius 3 is 2.33 bits per heavy atom. The summed E-state index contributed by atoms with van der Waals surface area (Å²) in [6.07, 6.45) is 11.8. The molecule has 0 radical (unpaired) electrons. The standard InChI is InChI=1S/C43H49BrN2O8/c1-23(2)11-10-16-41(8)17-15-28-35(52-41)27(13-12-24(3)4)37-32(36(28)51-22-44)34(47)33-31(26(20-45)21-46)29-19-30-40(6,7)54-42(38(29)48,43(30,33)53-37)18-14-25(5)39(49)50-9/h11-12,14-15,17,26,29-31,33H,10,13,16,18-19,22H2,1-9H3/b25-14-. The number of allylic oxidation sites excluding steroid dienone is 4. The third-order valence-electron chi connectivity index (χ3n) is 12.2. The number of esters is 1. The van der Waals surface area contributed by atoms with Crippen molar-refractivity contribution < 1.29 is 38.1 Å². The summed E-state index contributed by atoms with van der Waals surface area (Å²) in [5.41, 5.74) is -1.07. The number of halogens is 1. The number of ether oxygens (including phenoxy) is 5. The molecule has 3 saturated carbocycles. The van der Waals surface area contributed by atoms with Gasteiger partial charge in [0.15, 0.2) is 22.8 Å². The van der Waals surface area contributed by atoms with E-state index in [9.17, 15) is 15.3 Å². The molecular weight excluding hydrogens is 752 g/mol. The van der Waals surface area contributed by atoms with Gasteiger partial charge >= 0.3 is 5.97 Å².